The fourth-order valence-electron chi connectivity index (χ4n) is 3.04. The summed E-state index contributed by atoms with van der Waals surface area (Å²) >= 11 is 0. The number of carbonyl (C=O) groups is 1. The van der Waals surface area contributed by atoms with Crippen LogP contribution in [0.4, 0.5) is 0 Å². The molecule has 3 N–H and O–H groups in total. The molecule has 1 aliphatic rings. The Morgan fingerprint density at radius 2 is 1.92 bits per heavy atom. The molecule has 0 bridgehead atoms. The van der Waals surface area contributed by atoms with Crippen LogP contribution in [0, 0.1) is 0 Å². The molecule has 0 atom stereocenters. The van der Waals surface area contributed by atoms with Crippen molar-refractivity contribution in [3.63, 3.8) is 0 Å². The van der Waals surface area contributed by atoms with Gasteiger partial charge in [-0.3, -0.25) is 9.69 Å². The fraction of sp³-hybridized carbons (Fsp3) is 0.588. The van der Waals surface area contributed by atoms with Gasteiger partial charge in [0.25, 0.3) is 5.91 Å². The summed E-state index contributed by atoms with van der Waals surface area (Å²) < 4.78 is 28.2. The Bertz CT molecular complexity index is 725. The highest BCUT2D eigenvalue weighted by Gasteiger charge is 2.29. The van der Waals surface area contributed by atoms with Crippen molar-refractivity contribution in [2.75, 3.05) is 26.7 Å². The number of rotatable bonds is 6. The lowest BCUT2D eigenvalue weighted by Gasteiger charge is -2.41. The highest BCUT2D eigenvalue weighted by molar-refractivity contribution is 7.89. The molecular formula is C17H27N3O4S. The molecule has 1 aliphatic heterocycles. The van der Waals surface area contributed by atoms with Gasteiger partial charge in [0.2, 0.25) is 10.0 Å². The summed E-state index contributed by atoms with van der Waals surface area (Å²) in [4.78, 5) is 14.8. The molecule has 140 valence electrons. The standard InChI is InChI=1S/C17H27N3O4S/c1-17(2,20-9-5-4-6-10-20)12-19-16(21)14-11-13(25(18,22)23)7-8-15(14)24-3/h7-8,11H,4-6,9-10,12H2,1-3H3,(H,19,21)(H2,18,22,23). The van der Waals surface area contributed by atoms with Crippen LogP contribution in [0.2, 0.25) is 0 Å². The largest absolute Gasteiger partial charge is 0.496 e. The molecule has 0 spiro atoms. The van der Waals surface area contributed by atoms with Crippen molar-refractivity contribution >= 4 is 15.9 Å². The fourth-order valence-corrected chi connectivity index (χ4v) is 3.58. The minimum Gasteiger partial charge on any atom is -0.496 e. The van der Waals surface area contributed by atoms with Gasteiger partial charge in [-0.15, -0.1) is 0 Å². The van der Waals surface area contributed by atoms with Crippen LogP contribution in [-0.2, 0) is 10.0 Å². The number of carbonyl (C=O) groups excluding carboxylic acids is 1. The zero-order valence-electron chi connectivity index (χ0n) is 15.0. The summed E-state index contributed by atoms with van der Waals surface area (Å²) in [5, 5.41) is 8.04. The van der Waals surface area contributed by atoms with Gasteiger partial charge in [0.05, 0.1) is 17.6 Å². The van der Waals surface area contributed by atoms with E-state index in [-0.39, 0.29) is 21.9 Å². The number of nitrogens with zero attached hydrogens (tertiary/aromatic N) is 1. The molecule has 0 unspecified atom stereocenters. The number of primary sulfonamides is 1. The van der Waals surface area contributed by atoms with E-state index in [4.69, 9.17) is 9.88 Å². The number of hydrogen-bond donors (Lipinski definition) is 2. The summed E-state index contributed by atoms with van der Waals surface area (Å²) in [5.41, 5.74) is -0.0237. The number of piperidine rings is 1. The van der Waals surface area contributed by atoms with Crippen molar-refractivity contribution in [2.24, 2.45) is 5.14 Å². The van der Waals surface area contributed by atoms with Crippen LogP contribution in [0.5, 0.6) is 5.75 Å². The van der Waals surface area contributed by atoms with Crippen molar-refractivity contribution in [1.82, 2.24) is 10.2 Å². The second-order valence-corrected chi connectivity index (χ2v) is 8.51. The van der Waals surface area contributed by atoms with Gasteiger partial charge < -0.3 is 10.1 Å². The van der Waals surface area contributed by atoms with Crippen molar-refractivity contribution in [3.8, 4) is 5.75 Å². The highest BCUT2D eigenvalue weighted by atomic mass is 32.2. The van der Waals surface area contributed by atoms with E-state index < -0.39 is 10.0 Å². The first kappa shape index (κ1) is 19.7. The van der Waals surface area contributed by atoms with Crippen molar-refractivity contribution < 1.29 is 17.9 Å². The van der Waals surface area contributed by atoms with Crippen LogP contribution in [-0.4, -0.2) is 51.5 Å². The van der Waals surface area contributed by atoms with E-state index in [2.05, 4.69) is 24.1 Å². The Morgan fingerprint density at radius 1 is 1.28 bits per heavy atom. The molecule has 1 aromatic carbocycles. The first-order valence-electron chi connectivity index (χ1n) is 8.39. The predicted octanol–water partition coefficient (Wildman–Crippen LogP) is 1.34. The Hall–Kier alpha value is -1.64. The molecule has 7 nitrogen and oxygen atoms in total. The third-order valence-electron chi connectivity index (χ3n) is 4.64. The van der Waals surface area contributed by atoms with Gasteiger partial charge in [-0.1, -0.05) is 6.42 Å². The molecule has 0 radical (unpaired) electrons. The van der Waals surface area contributed by atoms with Gasteiger partial charge >= 0.3 is 0 Å². The Morgan fingerprint density at radius 3 is 2.48 bits per heavy atom. The molecule has 0 aliphatic carbocycles. The summed E-state index contributed by atoms with van der Waals surface area (Å²) in [5.74, 6) is -0.0758. The second kappa shape index (κ2) is 7.72. The Labute approximate surface area is 149 Å². The van der Waals surface area contributed by atoms with Crippen molar-refractivity contribution in [3.05, 3.63) is 23.8 Å². The van der Waals surface area contributed by atoms with Gasteiger partial charge in [0.1, 0.15) is 5.75 Å². The van der Waals surface area contributed by atoms with Crippen LogP contribution in [0.1, 0.15) is 43.5 Å². The zero-order chi connectivity index (χ0) is 18.7. The molecule has 1 fully saturated rings. The highest BCUT2D eigenvalue weighted by Crippen LogP contribution is 2.23. The van der Waals surface area contributed by atoms with Gasteiger partial charge in [-0.25, -0.2) is 13.6 Å². The summed E-state index contributed by atoms with van der Waals surface area (Å²) in [6.07, 6.45) is 3.58. The molecule has 0 aromatic heterocycles. The molecule has 0 saturated carbocycles. The van der Waals surface area contributed by atoms with E-state index in [1.165, 1.54) is 44.6 Å². The van der Waals surface area contributed by atoms with Crippen molar-refractivity contribution in [1.29, 1.82) is 0 Å². The van der Waals surface area contributed by atoms with Gasteiger partial charge in [-0.2, -0.15) is 0 Å². The third-order valence-corrected chi connectivity index (χ3v) is 5.55. The topological polar surface area (TPSA) is 102 Å². The van der Waals surface area contributed by atoms with Crippen LogP contribution in [0.3, 0.4) is 0 Å². The van der Waals surface area contributed by atoms with Gasteiger partial charge in [-0.05, 0) is 58.0 Å². The second-order valence-electron chi connectivity index (χ2n) is 6.95. The molecule has 1 aromatic rings. The summed E-state index contributed by atoms with van der Waals surface area (Å²) in [6, 6.07) is 4.00. The van der Waals surface area contributed by atoms with E-state index in [1.54, 1.807) is 0 Å². The molecule has 8 heteroatoms. The molecule has 1 amide bonds. The smallest absolute Gasteiger partial charge is 0.255 e. The number of methoxy groups -OCH3 is 1. The van der Waals surface area contributed by atoms with E-state index in [1.807, 2.05) is 0 Å². The number of amides is 1. The van der Waals surface area contributed by atoms with Crippen LogP contribution < -0.4 is 15.2 Å². The lowest BCUT2D eigenvalue weighted by Crippen LogP contribution is -2.53. The quantitative estimate of drug-likeness (QED) is 0.788. The van der Waals surface area contributed by atoms with E-state index in [9.17, 15) is 13.2 Å². The average Bonchev–Trinajstić information content (AvgIpc) is 2.59. The SMILES string of the molecule is COc1ccc(S(N)(=O)=O)cc1C(=O)NCC(C)(C)N1CCCCC1. The number of ether oxygens (including phenoxy) is 1. The van der Waals surface area contributed by atoms with Gasteiger partial charge in [0.15, 0.2) is 0 Å². The first-order valence-corrected chi connectivity index (χ1v) is 9.94. The third kappa shape index (κ3) is 4.93. The Balaban J connectivity index is 2.14. The number of nitrogens with one attached hydrogen (secondary N) is 1. The summed E-state index contributed by atoms with van der Waals surface area (Å²) in [6.45, 7) is 6.68. The molecule has 2 rings (SSSR count). The number of hydrogen-bond acceptors (Lipinski definition) is 5. The Kier molecular flexibility index (Phi) is 6.08. The monoisotopic (exact) mass is 369 g/mol. The van der Waals surface area contributed by atoms with Crippen LogP contribution in [0.25, 0.3) is 0 Å². The molecular weight excluding hydrogens is 342 g/mol. The molecule has 25 heavy (non-hydrogen) atoms. The summed E-state index contributed by atoms with van der Waals surface area (Å²) in [7, 11) is -2.46. The zero-order valence-corrected chi connectivity index (χ0v) is 15.9. The number of benzene rings is 1. The van der Waals surface area contributed by atoms with E-state index in [0.29, 0.717) is 12.3 Å². The maximum Gasteiger partial charge on any atom is 0.255 e. The van der Waals surface area contributed by atoms with Gasteiger partial charge in [0, 0.05) is 12.1 Å². The van der Waals surface area contributed by atoms with Crippen molar-refractivity contribution in [2.45, 2.75) is 43.5 Å². The maximum absolute atomic E-state index is 12.6. The minimum atomic E-state index is -3.89. The lowest BCUT2D eigenvalue weighted by molar-refractivity contribution is 0.0795. The lowest BCUT2D eigenvalue weighted by atomic mass is 9.98. The van der Waals surface area contributed by atoms with E-state index >= 15 is 0 Å². The molecule has 1 heterocycles. The maximum atomic E-state index is 12.6. The number of likely N-dealkylation sites (tertiary alicyclic amines) is 1. The minimum absolute atomic E-state index is 0.117. The normalized spacial score (nSPS) is 16.5. The first-order chi connectivity index (χ1) is 11.6. The van der Waals surface area contributed by atoms with Crippen LogP contribution in [0.15, 0.2) is 23.1 Å². The number of nitrogens with two attached hydrogens (primary N) is 1. The molecule has 1 saturated heterocycles. The number of sulfonamides is 1. The average molecular weight is 369 g/mol. The predicted molar refractivity (Wildman–Crippen MR) is 96.2 cm³/mol. The van der Waals surface area contributed by atoms with Crippen LogP contribution >= 0.6 is 0 Å². The van der Waals surface area contributed by atoms with E-state index in [0.717, 1.165) is 13.1 Å².